The van der Waals surface area contributed by atoms with Crippen LogP contribution in [0.2, 0.25) is 0 Å². The van der Waals surface area contributed by atoms with Crippen molar-refractivity contribution in [2.24, 2.45) is 0 Å². The van der Waals surface area contributed by atoms with Gasteiger partial charge in [-0.1, -0.05) is 0 Å². The van der Waals surface area contributed by atoms with Crippen LogP contribution in [0.4, 0.5) is 0 Å². The zero-order chi connectivity index (χ0) is 10.1. The van der Waals surface area contributed by atoms with Crippen molar-refractivity contribution in [2.45, 2.75) is 10.5 Å². The first-order valence-corrected chi connectivity index (χ1v) is 8.92. The first-order chi connectivity index (χ1) is 7.40. The second-order valence-electron chi connectivity index (χ2n) is 3.63. The fourth-order valence-corrected chi connectivity index (χ4v) is 3.38. The van der Waals surface area contributed by atoms with Gasteiger partial charge in [-0.25, -0.2) is 0 Å². The molecule has 0 bridgehead atoms. The van der Waals surface area contributed by atoms with Crippen LogP contribution < -0.4 is 9.47 Å². The van der Waals surface area contributed by atoms with Gasteiger partial charge in [0.25, 0.3) is 0 Å². The molecule has 0 saturated carbocycles. The van der Waals surface area contributed by atoms with E-state index in [0.29, 0.717) is 14.5 Å². The van der Waals surface area contributed by atoms with E-state index in [4.69, 9.17) is 9.47 Å². The van der Waals surface area contributed by atoms with Crippen molar-refractivity contribution < 1.29 is 9.47 Å². The predicted molar refractivity (Wildman–Crippen MR) is 66.9 cm³/mol. The van der Waals surface area contributed by atoms with Gasteiger partial charge in [0, 0.05) is 0 Å². The fraction of sp³-hybridized carbons (Fsp3) is 0.600. The van der Waals surface area contributed by atoms with Gasteiger partial charge in [-0.15, -0.1) is 0 Å². The van der Waals surface area contributed by atoms with Crippen molar-refractivity contribution in [2.75, 3.05) is 24.7 Å². The fourth-order valence-electron chi connectivity index (χ4n) is 1.14. The summed E-state index contributed by atoms with van der Waals surface area (Å²) in [6.07, 6.45) is 0. The van der Waals surface area contributed by atoms with E-state index >= 15 is 0 Å². The number of hydrogen-bond acceptors (Lipinski definition) is 4. The molecule has 1 aromatic rings. The topological polar surface area (TPSA) is 18.5 Å². The standard InChI is InChI=1S/C10H12O2S2Se/c1-7(11-2-8-4-13-8)6-15-10(1)12-3-9-5-14-9/h1,6,8-9H,2-5H2. The van der Waals surface area contributed by atoms with Crippen LogP contribution in [0, 0.1) is 0 Å². The van der Waals surface area contributed by atoms with Crippen molar-refractivity contribution in [1.29, 1.82) is 0 Å². The Morgan fingerprint density at radius 1 is 1.20 bits per heavy atom. The zero-order valence-corrected chi connectivity index (χ0v) is 11.5. The third kappa shape index (κ3) is 3.38. The molecular formula is C10H12O2S2Se. The van der Waals surface area contributed by atoms with E-state index in [1.807, 2.05) is 23.5 Å². The van der Waals surface area contributed by atoms with Crippen LogP contribution in [0.3, 0.4) is 0 Å². The molecule has 0 radical (unpaired) electrons. The SMILES string of the molecule is c1[se]c(OCC2CS2)cc1OCC1CS1. The van der Waals surface area contributed by atoms with Gasteiger partial charge in [0.15, 0.2) is 0 Å². The number of thioether (sulfide) groups is 2. The molecule has 0 amide bonds. The zero-order valence-electron chi connectivity index (χ0n) is 8.18. The minimum absolute atomic E-state index is 0.367. The van der Waals surface area contributed by atoms with Crippen LogP contribution in [-0.4, -0.2) is 49.7 Å². The van der Waals surface area contributed by atoms with Crippen LogP contribution in [0.5, 0.6) is 10.4 Å². The quantitative estimate of drug-likeness (QED) is 0.588. The van der Waals surface area contributed by atoms with Gasteiger partial charge < -0.3 is 0 Å². The average molecular weight is 307 g/mol. The summed E-state index contributed by atoms with van der Waals surface area (Å²) in [5.74, 6) is 3.57. The van der Waals surface area contributed by atoms with Crippen LogP contribution in [0.1, 0.15) is 0 Å². The van der Waals surface area contributed by atoms with E-state index in [1.165, 1.54) is 11.5 Å². The molecule has 3 heterocycles. The minimum atomic E-state index is 0.367. The first kappa shape index (κ1) is 10.5. The van der Waals surface area contributed by atoms with E-state index in [-0.39, 0.29) is 0 Å². The molecule has 2 aliphatic heterocycles. The van der Waals surface area contributed by atoms with E-state index in [1.54, 1.807) is 0 Å². The van der Waals surface area contributed by atoms with Gasteiger partial charge in [0.2, 0.25) is 0 Å². The predicted octanol–water partition coefficient (Wildman–Crippen LogP) is 1.73. The third-order valence-electron chi connectivity index (χ3n) is 2.20. The average Bonchev–Trinajstić information content (AvgIpc) is 3.14. The van der Waals surface area contributed by atoms with E-state index in [2.05, 4.69) is 11.0 Å². The molecule has 0 aromatic carbocycles. The number of rotatable bonds is 6. The molecule has 2 unspecified atom stereocenters. The molecule has 2 aliphatic rings. The summed E-state index contributed by atoms with van der Waals surface area (Å²) in [6.45, 7) is 1.76. The molecule has 1 aromatic heterocycles. The molecule has 3 rings (SSSR count). The van der Waals surface area contributed by atoms with Gasteiger partial charge in [-0.3, -0.25) is 0 Å². The number of hydrogen-bond donors (Lipinski definition) is 0. The summed E-state index contributed by atoms with van der Waals surface area (Å²) in [5, 5.41) is 1.51. The molecule has 0 aliphatic carbocycles. The second-order valence-corrected chi connectivity index (χ2v) is 8.13. The summed E-state index contributed by atoms with van der Waals surface area (Å²) in [6, 6.07) is 2.07. The Balaban J connectivity index is 1.45. The van der Waals surface area contributed by atoms with Crippen LogP contribution in [0.25, 0.3) is 0 Å². The van der Waals surface area contributed by atoms with Crippen molar-refractivity contribution in [3.05, 3.63) is 11.0 Å². The van der Waals surface area contributed by atoms with Crippen LogP contribution in [-0.2, 0) is 0 Å². The van der Waals surface area contributed by atoms with Crippen LogP contribution >= 0.6 is 23.5 Å². The maximum atomic E-state index is 5.71. The number of ether oxygens (including phenoxy) is 2. The summed E-state index contributed by atoms with van der Waals surface area (Å²) in [5.41, 5.74) is 0. The molecule has 15 heavy (non-hydrogen) atoms. The van der Waals surface area contributed by atoms with Crippen molar-refractivity contribution >= 4 is 38.0 Å². The van der Waals surface area contributed by atoms with E-state index in [0.717, 1.165) is 34.1 Å². The summed E-state index contributed by atoms with van der Waals surface area (Å²) in [4.78, 5) is 2.18. The molecule has 2 fully saturated rings. The monoisotopic (exact) mass is 308 g/mol. The van der Waals surface area contributed by atoms with Gasteiger partial charge in [-0.2, -0.15) is 0 Å². The van der Waals surface area contributed by atoms with E-state index in [9.17, 15) is 0 Å². The Hall–Kier alpha value is 0.299. The first-order valence-electron chi connectivity index (χ1n) is 4.97. The van der Waals surface area contributed by atoms with Crippen molar-refractivity contribution in [3.8, 4) is 10.4 Å². The summed E-state index contributed by atoms with van der Waals surface area (Å²) < 4.78 is 12.5. The molecule has 0 spiro atoms. The molecule has 0 N–H and O–H groups in total. The van der Waals surface area contributed by atoms with Gasteiger partial charge in [0.05, 0.1) is 0 Å². The summed E-state index contributed by atoms with van der Waals surface area (Å²) >= 11 is 4.32. The molecule has 2 nitrogen and oxygen atoms in total. The Morgan fingerprint density at radius 2 is 1.87 bits per heavy atom. The Morgan fingerprint density at radius 3 is 2.53 bits per heavy atom. The maximum absolute atomic E-state index is 5.71. The van der Waals surface area contributed by atoms with Crippen molar-refractivity contribution in [3.63, 3.8) is 0 Å². The van der Waals surface area contributed by atoms with E-state index < -0.39 is 0 Å². The third-order valence-corrected chi connectivity index (χ3v) is 5.80. The molecule has 5 heteroatoms. The Kier molecular flexibility index (Phi) is 3.25. The van der Waals surface area contributed by atoms with Gasteiger partial charge >= 0.3 is 104 Å². The Labute approximate surface area is 104 Å². The second kappa shape index (κ2) is 4.66. The van der Waals surface area contributed by atoms with Gasteiger partial charge in [0.1, 0.15) is 0 Å². The normalized spacial score (nSPS) is 27.5. The molecule has 2 atom stereocenters. The summed E-state index contributed by atoms with van der Waals surface area (Å²) in [7, 11) is 0. The Bertz CT molecular complexity index is 303. The molecule has 2 saturated heterocycles. The van der Waals surface area contributed by atoms with Crippen molar-refractivity contribution in [1.82, 2.24) is 0 Å². The molecule has 82 valence electrons. The van der Waals surface area contributed by atoms with Crippen LogP contribution in [0.15, 0.2) is 11.0 Å². The molecular weight excluding hydrogens is 295 g/mol. The van der Waals surface area contributed by atoms with Gasteiger partial charge in [-0.05, 0) is 0 Å².